The van der Waals surface area contributed by atoms with Gasteiger partial charge in [-0.1, -0.05) is 12.1 Å². The van der Waals surface area contributed by atoms with E-state index in [2.05, 4.69) is 42.3 Å². The Morgan fingerprint density at radius 1 is 1.21 bits per heavy atom. The van der Waals surface area contributed by atoms with E-state index in [-0.39, 0.29) is 22.5 Å². The number of aliphatic hydroxyl groups is 1. The molecule has 4 saturated carbocycles. The maximum absolute atomic E-state index is 12.4. The second-order valence-electron chi connectivity index (χ2n) is 13.8. The molecule has 4 bridgehead atoms. The topological polar surface area (TPSA) is 62.2 Å². The van der Waals surface area contributed by atoms with Crippen LogP contribution in [0.15, 0.2) is 29.6 Å². The van der Waals surface area contributed by atoms with Crippen LogP contribution in [0.4, 0.5) is 0 Å². The molecule has 5 fully saturated rings. The van der Waals surface area contributed by atoms with Crippen molar-refractivity contribution < 1.29 is 19.7 Å². The fourth-order valence-corrected chi connectivity index (χ4v) is 11.5. The molecule has 0 amide bonds. The molecule has 1 saturated heterocycles. The first-order valence-electron chi connectivity index (χ1n) is 14.8. The molecule has 2 aromatic rings. The summed E-state index contributed by atoms with van der Waals surface area (Å²) in [6, 6.07) is 8.73. The zero-order valence-electron chi connectivity index (χ0n) is 23.0. The molecule has 5 aliphatic carbocycles. The minimum atomic E-state index is -0.895. The molecular formula is C32H41NO4S. The monoisotopic (exact) mass is 535 g/mol. The van der Waals surface area contributed by atoms with Crippen molar-refractivity contribution in [3.63, 3.8) is 0 Å². The number of likely N-dealkylation sites (tertiary alicyclic amines) is 1. The van der Waals surface area contributed by atoms with E-state index >= 15 is 0 Å². The number of thiophene rings is 1. The molecule has 3 heterocycles. The quantitative estimate of drug-likeness (QED) is 0.494. The fourth-order valence-electron chi connectivity index (χ4n) is 10.8. The third-order valence-electron chi connectivity index (χ3n) is 12.5. The molecule has 2 aliphatic heterocycles. The summed E-state index contributed by atoms with van der Waals surface area (Å²) in [6.07, 6.45) is 9.30. The summed E-state index contributed by atoms with van der Waals surface area (Å²) in [5.74, 6) is 1.76. The molecule has 6 heteroatoms. The van der Waals surface area contributed by atoms with Crippen LogP contribution in [0.5, 0.6) is 11.5 Å². The number of fused-ring (bicyclic) bond motifs is 2. The summed E-state index contributed by atoms with van der Waals surface area (Å²) >= 11 is 1.77. The second-order valence-corrected chi connectivity index (χ2v) is 14.9. The normalized spacial score (nSPS) is 42.0. The number of nitrogens with zero attached hydrogens (tertiary/aromatic N) is 1. The highest BCUT2D eigenvalue weighted by molar-refractivity contribution is 7.09. The molecule has 1 aromatic heterocycles. The van der Waals surface area contributed by atoms with Crippen molar-refractivity contribution in [2.75, 3.05) is 20.2 Å². The van der Waals surface area contributed by atoms with Gasteiger partial charge in [0.1, 0.15) is 11.2 Å². The number of methoxy groups -OCH3 is 1. The first-order chi connectivity index (χ1) is 18.2. The Labute approximate surface area is 230 Å². The Kier molecular flexibility index (Phi) is 4.82. The third-order valence-corrected chi connectivity index (χ3v) is 13.5. The number of phenols is 1. The first-order valence-corrected chi connectivity index (χ1v) is 15.7. The molecule has 0 radical (unpaired) electrons. The predicted molar refractivity (Wildman–Crippen MR) is 148 cm³/mol. The molecule has 1 unspecified atom stereocenters. The molecule has 1 aromatic carbocycles. The summed E-state index contributed by atoms with van der Waals surface area (Å²) < 4.78 is 13.8. The lowest BCUT2D eigenvalue weighted by Gasteiger charge is -2.78. The van der Waals surface area contributed by atoms with E-state index in [1.54, 1.807) is 11.3 Å². The summed E-state index contributed by atoms with van der Waals surface area (Å²) in [5, 5.41) is 25.6. The highest BCUT2D eigenvalue weighted by atomic mass is 32.1. The van der Waals surface area contributed by atoms with Crippen molar-refractivity contribution in [1.82, 2.24) is 4.90 Å². The van der Waals surface area contributed by atoms with Crippen LogP contribution in [-0.4, -0.2) is 58.2 Å². The summed E-state index contributed by atoms with van der Waals surface area (Å²) in [5.41, 5.74) is 0.256. The highest BCUT2D eigenvalue weighted by Gasteiger charge is 2.86. The average Bonchev–Trinajstić information content (AvgIpc) is 3.45. The summed E-state index contributed by atoms with van der Waals surface area (Å²) in [7, 11) is 1.85. The Morgan fingerprint density at radius 2 is 2.05 bits per heavy atom. The van der Waals surface area contributed by atoms with Gasteiger partial charge in [-0.15, -0.1) is 11.3 Å². The number of ether oxygens (including phenoxy) is 2. The number of aryl methyl sites for hydroxylation is 1. The lowest BCUT2D eigenvalue weighted by molar-refractivity contribution is -0.337. The smallest absolute Gasteiger partial charge is 0.166 e. The third kappa shape index (κ3) is 2.65. The first kappa shape index (κ1) is 24.2. The fraction of sp³-hybridized carbons (Fsp3) is 0.688. The predicted octanol–water partition coefficient (Wildman–Crippen LogP) is 5.45. The summed E-state index contributed by atoms with van der Waals surface area (Å²) in [6.45, 7) is 6.63. The number of rotatable bonds is 7. The van der Waals surface area contributed by atoms with Crippen LogP contribution in [-0.2, 0) is 23.0 Å². The van der Waals surface area contributed by atoms with Gasteiger partial charge < -0.3 is 19.7 Å². The van der Waals surface area contributed by atoms with Crippen LogP contribution in [0.25, 0.3) is 0 Å². The van der Waals surface area contributed by atoms with Gasteiger partial charge in [0.05, 0.1) is 11.0 Å². The maximum Gasteiger partial charge on any atom is 0.166 e. The minimum absolute atomic E-state index is 0.00119. The summed E-state index contributed by atoms with van der Waals surface area (Å²) in [4.78, 5) is 4.16. The van der Waals surface area contributed by atoms with Crippen LogP contribution in [0, 0.1) is 17.3 Å². The molecule has 7 atom stereocenters. The van der Waals surface area contributed by atoms with E-state index < -0.39 is 16.8 Å². The van der Waals surface area contributed by atoms with Crippen LogP contribution < -0.4 is 4.74 Å². The zero-order valence-corrected chi connectivity index (χ0v) is 23.8. The second kappa shape index (κ2) is 7.57. The van der Waals surface area contributed by atoms with E-state index in [1.165, 1.54) is 35.4 Å². The van der Waals surface area contributed by atoms with E-state index in [0.29, 0.717) is 18.2 Å². The number of piperidine rings is 1. The lowest BCUT2D eigenvalue weighted by Crippen LogP contribution is -2.87. The number of hydrogen-bond donors (Lipinski definition) is 2. The van der Waals surface area contributed by atoms with Crippen LogP contribution in [0.3, 0.4) is 0 Å². The molecule has 38 heavy (non-hydrogen) atoms. The van der Waals surface area contributed by atoms with Crippen LogP contribution >= 0.6 is 11.3 Å². The van der Waals surface area contributed by atoms with Crippen molar-refractivity contribution in [2.45, 2.75) is 99.9 Å². The van der Waals surface area contributed by atoms with Gasteiger partial charge in [-0.3, -0.25) is 4.90 Å². The molecule has 2 N–H and O–H groups in total. The van der Waals surface area contributed by atoms with Gasteiger partial charge in [-0.05, 0) is 107 Å². The van der Waals surface area contributed by atoms with Gasteiger partial charge >= 0.3 is 0 Å². The lowest BCUT2D eigenvalue weighted by atomic mass is 9.30. The number of aromatic hydroxyl groups is 1. The van der Waals surface area contributed by atoms with Crippen LogP contribution in [0.1, 0.15) is 74.8 Å². The van der Waals surface area contributed by atoms with E-state index in [4.69, 9.17) is 9.47 Å². The average molecular weight is 536 g/mol. The van der Waals surface area contributed by atoms with Gasteiger partial charge in [0.25, 0.3) is 0 Å². The number of hydrogen-bond acceptors (Lipinski definition) is 6. The van der Waals surface area contributed by atoms with Gasteiger partial charge in [-0.2, -0.15) is 0 Å². The van der Waals surface area contributed by atoms with Gasteiger partial charge in [0.2, 0.25) is 0 Å². The van der Waals surface area contributed by atoms with Gasteiger partial charge in [0, 0.05) is 41.5 Å². The molecule has 5 nitrogen and oxygen atoms in total. The Bertz CT molecular complexity index is 1290. The molecular weight excluding hydrogens is 494 g/mol. The van der Waals surface area contributed by atoms with Crippen LogP contribution in [0.2, 0.25) is 0 Å². The van der Waals surface area contributed by atoms with Crippen molar-refractivity contribution in [3.8, 4) is 11.5 Å². The van der Waals surface area contributed by atoms with Crippen molar-refractivity contribution in [2.24, 2.45) is 17.3 Å². The van der Waals surface area contributed by atoms with Crippen molar-refractivity contribution >= 4 is 11.3 Å². The number of phenolic OH excluding ortho intramolecular Hbond substituents is 1. The van der Waals surface area contributed by atoms with Crippen molar-refractivity contribution in [3.05, 3.63) is 45.6 Å². The standard InChI is InChI=1S/C32H41NO4S/c1-28(35,11-10-22-5-4-16-38-22)24-18-30-12-13-32(24,36-3)29(2)31(30)14-15-33(19-20-6-7-20)25(30)17-21-8-9-23(34)27(37-29)26(21)31/h4-5,8-9,16,20,24-25,34-35H,6-7,10-15,17-19H2,1-3H3/t24-,25-,28-,29+,30-,31+,32?/m1/s1. The Morgan fingerprint density at radius 3 is 2.79 bits per heavy atom. The van der Waals surface area contributed by atoms with E-state index in [1.807, 2.05) is 13.2 Å². The zero-order chi connectivity index (χ0) is 26.1. The maximum atomic E-state index is 12.4. The number of benzene rings is 1. The SMILES string of the molecule is COC12CC[C@@]3(C[C@@H]1[C@](C)(O)CCc1cccs1)[C@H]1Cc4ccc(O)c5c4[C@@]3(CCN1CC1CC1)[C@]2(C)O5. The highest BCUT2D eigenvalue weighted by Crippen LogP contribution is 2.81. The molecule has 2 spiro atoms. The Hall–Kier alpha value is -1.60. The van der Waals surface area contributed by atoms with E-state index in [0.717, 1.165) is 51.0 Å². The molecule has 9 rings (SSSR count). The van der Waals surface area contributed by atoms with Gasteiger partial charge in [0.15, 0.2) is 11.5 Å². The Balaban J connectivity index is 1.31. The molecule has 7 aliphatic rings. The van der Waals surface area contributed by atoms with Gasteiger partial charge in [-0.25, -0.2) is 0 Å². The molecule has 204 valence electrons. The minimum Gasteiger partial charge on any atom is -0.504 e. The largest absolute Gasteiger partial charge is 0.504 e. The van der Waals surface area contributed by atoms with Crippen molar-refractivity contribution in [1.29, 1.82) is 0 Å². The van der Waals surface area contributed by atoms with E-state index in [9.17, 15) is 10.2 Å².